The van der Waals surface area contributed by atoms with Gasteiger partial charge < -0.3 is 19.7 Å². The molecule has 1 aromatic rings. The number of likely N-dealkylation sites (N-methyl/N-ethyl adjacent to an activating group) is 1. The number of carboxylic acids is 1. The number of pyridine rings is 1. The number of aromatic hydroxyl groups is 1. The normalized spacial score (nSPS) is 18.6. The Morgan fingerprint density at radius 2 is 1.95 bits per heavy atom. The highest BCUT2D eigenvalue weighted by atomic mass is 16.4. The average Bonchev–Trinajstić information content (AvgIpc) is 2.44. The van der Waals surface area contributed by atoms with Crippen LogP contribution in [0.1, 0.15) is 18.7 Å². The zero-order valence-electron chi connectivity index (χ0n) is 12.3. The topological polar surface area (TPSA) is 86.0 Å². The van der Waals surface area contributed by atoms with E-state index in [2.05, 4.69) is 16.8 Å². The highest BCUT2D eigenvalue weighted by Crippen LogP contribution is 2.16. The van der Waals surface area contributed by atoms with E-state index in [0.717, 1.165) is 26.2 Å². The molecule has 21 heavy (non-hydrogen) atoms. The first-order chi connectivity index (χ1) is 9.88. The summed E-state index contributed by atoms with van der Waals surface area (Å²) in [5.74, 6) is -1.43. The maximum atomic E-state index is 11.6. The average molecular weight is 295 g/mol. The third kappa shape index (κ3) is 3.62. The monoisotopic (exact) mass is 295 g/mol. The van der Waals surface area contributed by atoms with E-state index in [1.165, 1.54) is 23.8 Å². The summed E-state index contributed by atoms with van der Waals surface area (Å²) in [6.07, 6.45) is 1.21. The molecule has 0 aliphatic carbocycles. The van der Waals surface area contributed by atoms with Crippen molar-refractivity contribution >= 4 is 5.97 Å². The number of carboxylic acid groups (broad SMARTS) is 1. The van der Waals surface area contributed by atoms with Crippen LogP contribution in [0.25, 0.3) is 0 Å². The number of nitrogens with zero attached hydrogens (tertiary/aromatic N) is 3. The van der Waals surface area contributed by atoms with Crippen molar-refractivity contribution < 1.29 is 15.0 Å². The van der Waals surface area contributed by atoms with Gasteiger partial charge in [0.1, 0.15) is 6.04 Å². The Morgan fingerprint density at radius 3 is 2.52 bits per heavy atom. The number of aromatic nitrogens is 1. The number of rotatable bonds is 4. The van der Waals surface area contributed by atoms with Crippen LogP contribution in [0.5, 0.6) is 5.75 Å². The van der Waals surface area contributed by atoms with E-state index in [-0.39, 0.29) is 0 Å². The third-order valence-electron chi connectivity index (χ3n) is 3.90. The van der Waals surface area contributed by atoms with Crippen LogP contribution in [0.15, 0.2) is 17.1 Å². The molecule has 116 valence electrons. The van der Waals surface area contributed by atoms with Gasteiger partial charge in [0.05, 0.1) is 6.20 Å². The molecule has 7 heteroatoms. The first-order valence-electron chi connectivity index (χ1n) is 6.96. The van der Waals surface area contributed by atoms with Gasteiger partial charge in [-0.25, -0.2) is 4.79 Å². The van der Waals surface area contributed by atoms with Gasteiger partial charge in [-0.2, -0.15) is 0 Å². The van der Waals surface area contributed by atoms with Crippen molar-refractivity contribution in [2.24, 2.45) is 0 Å². The minimum Gasteiger partial charge on any atom is -0.503 e. The lowest BCUT2D eigenvalue weighted by Gasteiger charge is -2.33. The van der Waals surface area contributed by atoms with Gasteiger partial charge in [0.25, 0.3) is 0 Å². The molecular formula is C14H21N3O4. The van der Waals surface area contributed by atoms with Gasteiger partial charge in [0.2, 0.25) is 5.43 Å². The van der Waals surface area contributed by atoms with Crippen LogP contribution in [0.2, 0.25) is 0 Å². The van der Waals surface area contributed by atoms with Gasteiger partial charge in [-0.05, 0) is 14.0 Å². The van der Waals surface area contributed by atoms with E-state index < -0.39 is 23.2 Å². The van der Waals surface area contributed by atoms with Crippen LogP contribution in [-0.4, -0.2) is 63.8 Å². The number of aliphatic carboxylic acids is 1. The Morgan fingerprint density at radius 1 is 1.33 bits per heavy atom. The molecule has 1 aromatic heterocycles. The van der Waals surface area contributed by atoms with Crippen molar-refractivity contribution in [1.82, 2.24) is 14.4 Å². The summed E-state index contributed by atoms with van der Waals surface area (Å²) in [4.78, 5) is 27.2. The highest BCUT2D eigenvalue weighted by molar-refractivity contribution is 5.71. The van der Waals surface area contributed by atoms with Crippen LogP contribution in [-0.2, 0) is 11.3 Å². The quantitative estimate of drug-likeness (QED) is 0.810. The second-order valence-corrected chi connectivity index (χ2v) is 5.52. The molecule has 0 aromatic carbocycles. The minimum absolute atomic E-state index is 0.426. The van der Waals surface area contributed by atoms with Crippen molar-refractivity contribution in [1.29, 1.82) is 0 Å². The summed E-state index contributed by atoms with van der Waals surface area (Å²) in [7, 11) is 2.06. The number of hydrogen-bond donors (Lipinski definition) is 2. The van der Waals surface area contributed by atoms with Crippen LogP contribution in [0.3, 0.4) is 0 Å². The minimum atomic E-state index is -1.00. The summed E-state index contributed by atoms with van der Waals surface area (Å²) < 4.78 is 1.46. The summed E-state index contributed by atoms with van der Waals surface area (Å²) >= 11 is 0. The molecule has 2 N–H and O–H groups in total. The molecule has 1 atom stereocenters. The van der Waals surface area contributed by atoms with E-state index in [1.807, 2.05) is 0 Å². The van der Waals surface area contributed by atoms with Gasteiger partial charge in [-0.1, -0.05) is 0 Å². The number of hydrogen-bond acceptors (Lipinski definition) is 5. The molecule has 2 heterocycles. The smallest absolute Gasteiger partial charge is 0.326 e. The molecule has 1 aliphatic heterocycles. The van der Waals surface area contributed by atoms with Crippen LogP contribution in [0, 0.1) is 0 Å². The fourth-order valence-electron chi connectivity index (χ4n) is 2.42. The predicted octanol–water partition coefficient (Wildman–Crippen LogP) is -0.0531. The van der Waals surface area contributed by atoms with E-state index in [1.54, 1.807) is 0 Å². The first kappa shape index (κ1) is 15.5. The first-order valence-corrected chi connectivity index (χ1v) is 6.96. The zero-order valence-corrected chi connectivity index (χ0v) is 12.3. The van der Waals surface area contributed by atoms with Crippen molar-refractivity contribution in [3.05, 3.63) is 28.2 Å². The molecule has 0 spiro atoms. The van der Waals surface area contributed by atoms with Crippen LogP contribution in [0.4, 0.5) is 0 Å². The molecular weight excluding hydrogens is 274 g/mol. The molecule has 0 bridgehead atoms. The van der Waals surface area contributed by atoms with E-state index in [4.69, 9.17) is 5.11 Å². The van der Waals surface area contributed by atoms with Gasteiger partial charge in [0.15, 0.2) is 5.75 Å². The Balaban J connectivity index is 2.26. The molecule has 7 nitrogen and oxygen atoms in total. The van der Waals surface area contributed by atoms with Crippen LogP contribution < -0.4 is 5.43 Å². The Bertz CT molecular complexity index is 576. The van der Waals surface area contributed by atoms with Gasteiger partial charge in [-0.3, -0.25) is 9.69 Å². The standard InChI is InChI=1S/C14H21N3O4/c1-10(14(20)21)17-9-13(19)12(18)7-11(17)8-16-5-3-15(2)4-6-16/h7,9-10,19H,3-6,8H2,1-2H3,(H,20,21). The third-order valence-corrected chi connectivity index (χ3v) is 3.90. The zero-order chi connectivity index (χ0) is 15.6. The van der Waals surface area contributed by atoms with Crippen molar-refractivity contribution in [2.75, 3.05) is 33.2 Å². The van der Waals surface area contributed by atoms with E-state index >= 15 is 0 Å². The molecule has 1 saturated heterocycles. The summed E-state index contributed by atoms with van der Waals surface area (Å²) in [6, 6.07) is 0.492. The molecule has 1 fully saturated rings. The number of piperazine rings is 1. The second kappa shape index (κ2) is 6.28. The fraction of sp³-hybridized carbons (Fsp3) is 0.571. The molecule has 0 saturated carbocycles. The molecule has 0 radical (unpaired) electrons. The van der Waals surface area contributed by atoms with Gasteiger partial charge in [0, 0.05) is 44.5 Å². The largest absolute Gasteiger partial charge is 0.503 e. The Labute approximate surface area is 123 Å². The van der Waals surface area contributed by atoms with Crippen molar-refractivity contribution in [2.45, 2.75) is 19.5 Å². The molecule has 2 rings (SSSR count). The lowest BCUT2D eigenvalue weighted by Crippen LogP contribution is -2.44. The summed E-state index contributed by atoms with van der Waals surface area (Å²) in [5.41, 5.74) is 0.130. The number of carbonyl (C=O) groups is 1. The maximum absolute atomic E-state index is 11.6. The SMILES string of the molecule is CC(C(=O)O)n1cc(O)c(=O)cc1CN1CCN(C)CC1. The van der Waals surface area contributed by atoms with Gasteiger partial charge >= 0.3 is 5.97 Å². The lowest BCUT2D eigenvalue weighted by atomic mass is 10.2. The van der Waals surface area contributed by atoms with Crippen molar-refractivity contribution in [3.8, 4) is 5.75 Å². The Hall–Kier alpha value is -1.86. The van der Waals surface area contributed by atoms with E-state index in [0.29, 0.717) is 12.2 Å². The van der Waals surface area contributed by atoms with Gasteiger partial charge in [-0.15, -0.1) is 0 Å². The maximum Gasteiger partial charge on any atom is 0.326 e. The Kier molecular flexibility index (Phi) is 4.64. The summed E-state index contributed by atoms with van der Waals surface area (Å²) in [6.45, 7) is 5.65. The molecule has 1 aliphatic rings. The highest BCUT2D eigenvalue weighted by Gasteiger charge is 2.20. The lowest BCUT2D eigenvalue weighted by molar-refractivity contribution is -0.140. The van der Waals surface area contributed by atoms with Crippen LogP contribution >= 0.6 is 0 Å². The molecule has 0 amide bonds. The fourth-order valence-corrected chi connectivity index (χ4v) is 2.42. The van der Waals surface area contributed by atoms with E-state index in [9.17, 15) is 14.7 Å². The summed E-state index contributed by atoms with van der Waals surface area (Å²) in [5, 5.41) is 18.7. The molecule has 1 unspecified atom stereocenters. The van der Waals surface area contributed by atoms with Crippen molar-refractivity contribution in [3.63, 3.8) is 0 Å². The second-order valence-electron chi connectivity index (χ2n) is 5.52. The predicted molar refractivity (Wildman–Crippen MR) is 77.5 cm³/mol.